The van der Waals surface area contributed by atoms with Crippen molar-refractivity contribution in [3.63, 3.8) is 0 Å². The zero-order chi connectivity index (χ0) is 26.9. The minimum absolute atomic E-state index is 0.0636. The second kappa shape index (κ2) is 24.2. The Morgan fingerprint density at radius 1 is 0.667 bits per heavy atom. The highest BCUT2D eigenvalue weighted by atomic mass is 16.7. The van der Waals surface area contributed by atoms with Gasteiger partial charge in [-0.25, -0.2) is 0 Å². The minimum atomic E-state index is -2.77. The zero-order valence-electron chi connectivity index (χ0n) is 23.4. The Morgan fingerprint density at radius 2 is 1.08 bits per heavy atom. The van der Waals surface area contributed by atoms with Crippen LogP contribution in [0.4, 0.5) is 0 Å². The van der Waals surface area contributed by atoms with Gasteiger partial charge in [0.05, 0.1) is 13.0 Å². The molecular weight excluding hydrogens is 458 g/mol. The fraction of sp³-hybridized carbons (Fsp3) is 0.931. The maximum atomic E-state index is 12.1. The molecule has 0 bridgehead atoms. The van der Waals surface area contributed by atoms with Crippen molar-refractivity contribution in [3.8, 4) is 0 Å². The number of hydrogen-bond acceptors (Lipinski definition) is 6. The first-order valence-corrected chi connectivity index (χ1v) is 14.8. The van der Waals surface area contributed by atoms with Crippen LogP contribution in [-0.2, 0) is 14.3 Å². The predicted octanol–water partition coefficient (Wildman–Crippen LogP) is 6.12. The SMILES string of the molecule is CCCCCCCCCCCCCCCC(CNC(=O)CCCCCCCCC(=O)OC)C(O)(O)O. The number of aliphatic hydroxyl groups is 3. The molecule has 1 atom stereocenters. The van der Waals surface area contributed by atoms with Gasteiger partial charge in [-0.3, -0.25) is 9.59 Å². The van der Waals surface area contributed by atoms with Crippen LogP contribution >= 0.6 is 0 Å². The van der Waals surface area contributed by atoms with Crippen LogP contribution in [0.15, 0.2) is 0 Å². The first kappa shape index (κ1) is 34.8. The van der Waals surface area contributed by atoms with Gasteiger partial charge >= 0.3 is 5.97 Å². The summed E-state index contributed by atoms with van der Waals surface area (Å²) in [4.78, 5) is 23.1. The molecule has 0 saturated carbocycles. The largest absolute Gasteiger partial charge is 0.469 e. The van der Waals surface area contributed by atoms with Gasteiger partial charge in [0.25, 0.3) is 5.97 Å². The van der Waals surface area contributed by atoms with Crippen molar-refractivity contribution in [2.24, 2.45) is 5.92 Å². The lowest BCUT2D eigenvalue weighted by molar-refractivity contribution is -0.341. The maximum Gasteiger partial charge on any atom is 0.305 e. The summed E-state index contributed by atoms with van der Waals surface area (Å²) in [5.74, 6) is -3.85. The van der Waals surface area contributed by atoms with Crippen molar-refractivity contribution in [2.45, 2.75) is 154 Å². The van der Waals surface area contributed by atoms with Crippen molar-refractivity contribution in [1.82, 2.24) is 5.32 Å². The average Bonchev–Trinajstić information content (AvgIpc) is 2.84. The number of carbonyl (C=O) groups is 2. The molecule has 0 aromatic heterocycles. The molecule has 1 unspecified atom stereocenters. The smallest absolute Gasteiger partial charge is 0.305 e. The number of ether oxygens (including phenoxy) is 1. The Hall–Kier alpha value is -1.18. The third kappa shape index (κ3) is 23.2. The molecule has 7 heteroatoms. The van der Waals surface area contributed by atoms with Crippen LogP contribution in [0.25, 0.3) is 0 Å². The molecule has 0 aliphatic heterocycles. The molecule has 214 valence electrons. The lowest BCUT2D eigenvalue weighted by Crippen LogP contribution is -2.44. The summed E-state index contributed by atoms with van der Waals surface area (Å²) in [5.41, 5.74) is 0. The average molecular weight is 516 g/mol. The normalized spacial score (nSPS) is 12.5. The minimum Gasteiger partial charge on any atom is -0.469 e. The first-order valence-electron chi connectivity index (χ1n) is 14.8. The third-order valence-corrected chi connectivity index (χ3v) is 7.01. The molecule has 0 heterocycles. The van der Waals surface area contributed by atoms with Gasteiger partial charge in [0.1, 0.15) is 0 Å². The monoisotopic (exact) mass is 515 g/mol. The molecule has 4 N–H and O–H groups in total. The van der Waals surface area contributed by atoms with Crippen molar-refractivity contribution >= 4 is 11.9 Å². The Morgan fingerprint density at radius 3 is 1.53 bits per heavy atom. The maximum absolute atomic E-state index is 12.1. The molecule has 0 saturated heterocycles. The van der Waals surface area contributed by atoms with Gasteiger partial charge in [0, 0.05) is 19.4 Å². The van der Waals surface area contributed by atoms with E-state index in [0.29, 0.717) is 19.3 Å². The van der Waals surface area contributed by atoms with Gasteiger partial charge in [-0.05, 0) is 19.3 Å². The molecule has 7 nitrogen and oxygen atoms in total. The molecule has 1 amide bonds. The standard InChI is InChI=1S/C29H57NO6/c1-3-4-5-6-7-8-9-10-11-12-13-16-19-22-26(29(33,34)35)25-30-27(31)23-20-17-14-15-18-21-24-28(32)36-2/h26,33-35H,3-25H2,1-2H3,(H,30,31). The number of carbonyl (C=O) groups excluding carboxylic acids is 2. The molecule has 0 aliphatic carbocycles. The highest BCUT2D eigenvalue weighted by Gasteiger charge is 2.31. The molecule has 0 aliphatic rings. The third-order valence-electron chi connectivity index (χ3n) is 7.01. The van der Waals surface area contributed by atoms with Gasteiger partial charge in [-0.2, -0.15) is 0 Å². The van der Waals surface area contributed by atoms with Crippen molar-refractivity contribution in [2.75, 3.05) is 13.7 Å². The van der Waals surface area contributed by atoms with E-state index in [9.17, 15) is 24.9 Å². The molecule has 0 aromatic rings. The number of methoxy groups -OCH3 is 1. The van der Waals surface area contributed by atoms with E-state index in [1.807, 2.05) is 0 Å². The Labute approximate surface area is 220 Å². The second-order valence-electron chi connectivity index (χ2n) is 10.4. The molecule has 0 aromatic carbocycles. The molecule has 0 fully saturated rings. The van der Waals surface area contributed by atoms with Crippen LogP contribution in [0.1, 0.15) is 148 Å². The van der Waals surface area contributed by atoms with Crippen LogP contribution in [0.3, 0.4) is 0 Å². The second-order valence-corrected chi connectivity index (χ2v) is 10.4. The van der Waals surface area contributed by atoms with Crippen LogP contribution in [0.5, 0.6) is 0 Å². The highest BCUT2D eigenvalue weighted by Crippen LogP contribution is 2.20. The zero-order valence-corrected chi connectivity index (χ0v) is 23.4. The van der Waals surface area contributed by atoms with E-state index < -0.39 is 11.9 Å². The van der Waals surface area contributed by atoms with Crippen LogP contribution in [0.2, 0.25) is 0 Å². The summed E-state index contributed by atoms with van der Waals surface area (Å²) in [5, 5.41) is 31.8. The fourth-order valence-corrected chi connectivity index (χ4v) is 4.53. The molecular formula is C29H57NO6. The van der Waals surface area contributed by atoms with Gasteiger partial charge in [-0.1, -0.05) is 116 Å². The van der Waals surface area contributed by atoms with E-state index >= 15 is 0 Å². The predicted molar refractivity (Wildman–Crippen MR) is 145 cm³/mol. The van der Waals surface area contributed by atoms with E-state index in [1.54, 1.807) is 0 Å². The van der Waals surface area contributed by atoms with Gasteiger partial charge in [0.2, 0.25) is 5.91 Å². The first-order chi connectivity index (χ1) is 17.3. The molecule has 0 rings (SSSR count). The number of unbranched alkanes of at least 4 members (excludes halogenated alkanes) is 17. The summed E-state index contributed by atoms with van der Waals surface area (Å²) in [7, 11) is 1.40. The van der Waals surface area contributed by atoms with Crippen molar-refractivity contribution in [1.29, 1.82) is 0 Å². The van der Waals surface area contributed by atoms with Crippen molar-refractivity contribution in [3.05, 3.63) is 0 Å². The number of rotatable bonds is 26. The fourth-order valence-electron chi connectivity index (χ4n) is 4.53. The molecule has 36 heavy (non-hydrogen) atoms. The van der Waals surface area contributed by atoms with Crippen molar-refractivity contribution < 1.29 is 29.6 Å². The van der Waals surface area contributed by atoms with E-state index in [-0.39, 0.29) is 18.4 Å². The van der Waals surface area contributed by atoms with E-state index in [2.05, 4.69) is 17.0 Å². The summed E-state index contributed by atoms with van der Waals surface area (Å²) in [6, 6.07) is 0. The van der Waals surface area contributed by atoms with E-state index in [1.165, 1.54) is 71.3 Å². The Kier molecular flexibility index (Phi) is 23.4. The van der Waals surface area contributed by atoms with Crippen LogP contribution in [-0.4, -0.2) is 46.8 Å². The molecule has 0 spiro atoms. The number of esters is 1. The lowest BCUT2D eigenvalue weighted by atomic mass is 9.97. The summed E-state index contributed by atoms with van der Waals surface area (Å²) < 4.78 is 4.61. The topological polar surface area (TPSA) is 116 Å². The summed E-state index contributed by atoms with van der Waals surface area (Å²) in [6.07, 6.45) is 23.0. The van der Waals surface area contributed by atoms with Gasteiger partial charge in [0.15, 0.2) is 0 Å². The Balaban J connectivity index is 3.74. The summed E-state index contributed by atoms with van der Waals surface area (Å²) in [6.45, 7) is 2.31. The van der Waals surface area contributed by atoms with E-state index in [4.69, 9.17) is 0 Å². The Bertz CT molecular complexity index is 520. The molecule has 0 radical (unpaired) electrons. The number of hydrogen-bond donors (Lipinski definition) is 4. The lowest BCUT2D eigenvalue weighted by Gasteiger charge is -2.26. The van der Waals surface area contributed by atoms with Gasteiger partial charge in [-0.15, -0.1) is 0 Å². The highest BCUT2D eigenvalue weighted by molar-refractivity contribution is 5.75. The quantitative estimate of drug-likeness (QED) is 0.0626. The van der Waals surface area contributed by atoms with E-state index in [0.717, 1.165) is 57.8 Å². The van der Waals surface area contributed by atoms with Crippen LogP contribution in [0, 0.1) is 5.92 Å². The number of amides is 1. The number of nitrogens with one attached hydrogen (secondary N) is 1. The van der Waals surface area contributed by atoms with Gasteiger partial charge < -0.3 is 25.4 Å². The van der Waals surface area contributed by atoms with Crippen LogP contribution < -0.4 is 5.32 Å². The summed E-state index contributed by atoms with van der Waals surface area (Å²) >= 11 is 0.